The van der Waals surface area contributed by atoms with Crippen molar-refractivity contribution in [2.75, 3.05) is 13.1 Å². The van der Waals surface area contributed by atoms with Crippen LogP contribution >= 0.6 is 11.6 Å². The molecule has 0 fully saturated rings. The topological polar surface area (TPSA) is 75.3 Å². The fourth-order valence-corrected chi connectivity index (χ4v) is 0.924. The maximum atomic E-state index is 9.59. The van der Waals surface area contributed by atoms with Crippen molar-refractivity contribution < 1.29 is 9.90 Å². The van der Waals surface area contributed by atoms with Crippen molar-refractivity contribution in [1.29, 1.82) is 0 Å². The number of alkyl halides is 1. The molecule has 1 aromatic rings. The summed E-state index contributed by atoms with van der Waals surface area (Å²) in [6.07, 6.45) is -1.02. The Kier molecular flexibility index (Phi) is 8.52. The van der Waals surface area contributed by atoms with E-state index in [1.807, 2.05) is 30.3 Å². The molecule has 0 bridgehead atoms. The summed E-state index contributed by atoms with van der Waals surface area (Å²) in [4.78, 5) is 9.59. The lowest BCUT2D eigenvalue weighted by molar-refractivity contribution is 0.195. The summed E-state index contributed by atoms with van der Waals surface area (Å²) in [5, 5.41) is 9.96. The molecule has 0 aliphatic rings. The standard InChI is InChI=1S/C7H7Cl.C3H8N2O2/c8-6-7-4-2-1-3-5-7;4-1-2-5-3(6)7/h1-5H,6H2;5H,1-2,4H2,(H,6,7). The van der Waals surface area contributed by atoms with Gasteiger partial charge in [0.15, 0.2) is 0 Å². The average Bonchev–Trinajstić information content (AvgIpc) is 2.28. The van der Waals surface area contributed by atoms with Crippen molar-refractivity contribution in [1.82, 2.24) is 5.32 Å². The highest BCUT2D eigenvalue weighted by Crippen LogP contribution is 2.00. The Morgan fingerprint density at radius 3 is 2.27 bits per heavy atom. The summed E-state index contributed by atoms with van der Waals surface area (Å²) in [6, 6.07) is 9.96. The van der Waals surface area contributed by atoms with E-state index in [-0.39, 0.29) is 0 Å². The first-order chi connectivity index (χ1) is 7.20. The lowest BCUT2D eigenvalue weighted by Gasteiger charge is -1.92. The Hall–Kier alpha value is -1.26. The van der Waals surface area contributed by atoms with E-state index in [1.165, 1.54) is 5.56 Å². The van der Waals surface area contributed by atoms with Gasteiger partial charge in [-0.25, -0.2) is 4.79 Å². The van der Waals surface area contributed by atoms with Crippen LogP contribution in [-0.2, 0) is 5.88 Å². The van der Waals surface area contributed by atoms with E-state index >= 15 is 0 Å². The van der Waals surface area contributed by atoms with Gasteiger partial charge in [-0.2, -0.15) is 0 Å². The molecule has 0 atom stereocenters. The van der Waals surface area contributed by atoms with Crippen molar-refractivity contribution in [2.45, 2.75) is 5.88 Å². The van der Waals surface area contributed by atoms with Gasteiger partial charge in [0, 0.05) is 19.0 Å². The van der Waals surface area contributed by atoms with Crippen molar-refractivity contribution in [2.24, 2.45) is 5.73 Å². The first kappa shape index (κ1) is 13.7. The second kappa shape index (κ2) is 9.30. The second-order valence-electron chi connectivity index (χ2n) is 2.64. The van der Waals surface area contributed by atoms with Gasteiger partial charge in [0.25, 0.3) is 0 Å². The van der Waals surface area contributed by atoms with Gasteiger partial charge in [0.1, 0.15) is 0 Å². The molecular weight excluding hydrogens is 216 g/mol. The van der Waals surface area contributed by atoms with Crippen molar-refractivity contribution in [3.05, 3.63) is 35.9 Å². The molecule has 0 aromatic heterocycles. The van der Waals surface area contributed by atoms with Gasteiger partial charge >= 0.3 is 6.09 Å². The molecular formula is C10H15ClN2O2. The van der Waals surface area contributed by atoms with E-state index in [4.69, 9.17) is 22.4 Å². The molecule has 1 aromatic carbocycles. The van der Waals surface area contributed by atoms with Crippen LogP contribution < -0.4 is 11.1 Å². The number of hydrogen-bond donors (Lipinski definition) is 3. The van der Waals surface area contributed by atoms with E-state index in [2.05, 4.69) is 5.32 Å². The average molecular weight is 231 g/mol. The van der Waals surface area contributed by atoms with E-state index < -0.39 is 6.09 Å². The fourth-order valence-electron chi connectivity index (χ4n) is 0.746. The van der Waals surface area contributed by atoms with Crippen molar-refractivity contribution in [3.8, 4) is 0 Å². The molecule has 0 aliphatic carbocycles. The number of nitrogens with one attached hydrogen (secondary N) is 1. The van der Waals surface area contributed by atoms with Gasteiger partial charge in [0.2, 0.25) is 0 Å². The van der Waals surface area contributed by atoms with E-state index in [1.54, 1.807) is 0 Å². The lowest BCUT2D eigenvalue weighted by atomic mass is 10.2. The van der Waals surface area contributed by atoms with Crippen LogP contribution in [0.4, 0.5) is 4.79 Å². The first-order valence-electron chi connectivity index (χ1n) is 4.47. The largest absolute Gasteiger partial charge is 0.465 e. The molecule has 4 N–H and O–H groups in total. The summed E-state index contributed by atoms with van der Waals surface area (Å²) in [6.45, 7) is 0.682. The Labute approximate surface area is 94.0 Å². The molecule has 0 heterocycles. The number of hydrogen-bond acceptors (Lipinski definition) is 2. The summed E-state index contributed by atoms with van der Waals surface area (Å²) >= 11 is 5.53. The van der Waals surface area contributed by atoms with Gasteiger partial charge in [-0.05, 0) is 5.56 Å². The Balaban J connectivity index is 0.000000265. The molecule has 15 heavy (non-hydrogen) atoms. The monoisotopic (exact) mass is 230 g/mol. The molecule has 0 radical (unpaired) electrons. The van der Waals surface area contributed by atoms with Gasteiger partial charge < -0.3 is 16.2 Å². The summed E-state index contributed by atoms with van der Waals surface area (Å²) < 4.78 is 0. The van der Waals surface area contributed by atoms with Crippen LogP contribution in [0.5, 0.6) is 0 Å². The minimum Gasteiger partial charge on any atom is -0.465 e. The van der Waals surface area contributed by atoms with Gasteiger partial charge in [0.05, 0.1) is 0 Å². The summed E-state index contributed by atoms with van der Waals surface area (Å²) in [5.41, 5.74) is 6.13. The van der Waals surface area contributed by atoms with Crippen LogP contribution in [0.3, 0.4) is 0 Å². The van der Waals surface area contributed by atoms with E-state index in [0.29, 0.717) is 19.0 Å². The van der Waals surface area contributed by atoms with Gasteiger partial charge in [-0.1, -0.05) is 30.3 Å². The quantitative estimate of drug-likeness (QED) is 0.691. The second-order valence-corrected chi connectivity index (χ2v) is 2.91. The van der Waals surface area contributed by atoms with Gasteiger partial charge in [-0.3, -0.25) is 0 Å². The molecule has 5 heteroatoms. The minimum absolute atomic E-state index is 0.329. The van der Waals surface area contributed by atoms with Crippen LogP contribution in [-0.4, -0.2) is 24.3 Å². The van der Waals surface area contributed by atoms with Crippen molar-refractivity contribution >= 4 is 17.7 Å². The lowest BCUT2D eigenvalue weighted by Crippen LogP contribution is -2.27. The number of carboxylic acid groups (broad SMARTS) is 1. The number of rotatable bonds is 3. The number of amides is 1. The molecule has 1 amide bonds. The normalized spacial score (nSPS) is 8.67. The van der Waals surface area contributed by atoms with Crippen LogP contribution in [0.1, 0.15) is 5.56 Å². The number of nitrogens with two attached hydrogens (primary N) is 1. The maximum Gasteiger partial charge on any atom is 0.404 e. The zero-order valence-electron chi connectivity index (χ0n) is 8.32. The molecule has 4 nitrogen and oxygen atoms in total. The van der Waals surface area contributed by atoms with Crippen molar-refractivity contribution in [3.63, 3.8) is 0 Å². The zero-order valence-corrected chi connectivity index (χ0v) is 9.07. The molecule has 1 rings (SSSR count). The predicted octanol–water partition coefficient (Wildman–Crippen LogP) is 1.64. The highest BCUT2D eigenvalue weighted by molar-refractivity contribution is 6.17. The molecule has 0 saturated heterocycles. The van der Waals surface area contributed by atoms with Crippen LogP contribution in [0, 0.1) is 0 Å². The Morgan fingerprint density at radius 1 is 1.40 bits per heavy atom. The fraction of sp³-hybridized carbons (Fsp3) is 0.300. The van der Waals surface area contributed by atoms with Crippen LogP contribution in [0.2, 0.25) is 0 Å². The van der Waals surface area contributed by atoms with E-state index in [0.717, 1.165) is 0 Å². The number of halogens is 1. The van der Waals surface area contributed by atoms with Crippen LogP contribution in [0.15, 0.2) is 30.3 Å². The first-order valence-corrected chi connectivity index (χ1v) is 5.01. The Bertz CT molecular complexity index is 267. The third-order valence-electron chi connectivity index (χ3n) is 1.42. The number of carbonyl (C=O) groups is 1. The summed E-state index contributed by atoms with van der Waals surface area (Å²) in [7, 11) is 0. The smallest absolute Gasteiger partial charge is 0.404 e. The molecule has 84 valence electrons. The molecule has 0 saturated carbocycles. The Morgan fingerprint density at radius 2 is 2.00 bits per heavy atom. The number of benzene rings is 1. The zero-order chi connectivity index (χ0) is 11.5. The molecule has 0 aliphatic heterocycles. The van der Waals surface area contributed by atoms with E-state index in [9.17, 15) is 4.79 Å². The maximum absolute atomic E-state index is 9.59. The predicted molar refractivity (Wildman–Crippen MR) is 61.1 cm³/mol. The third kappa shape index (κ3) is 9.05. The molecule has 0 unspecified atom stereocenters. The minimum atomic E-state index is -1.02. The SMILES string of the molecule is ClCc1ccccc1.NCCNC(=O)O. The van der Waals surface area contributed by atoms with Gasteiger partial charge in [-0.15, -0.1) is 11.6 Å². The highest BCUT2D eigenvalue weighted by atomic mass is 35.5. The molecule has 0 spiro atoms. The summed E-state index contributed by atoms with van der Waals surface area (Å²) in [5.74, 6) is 0.612. The third-order valence-corrected chi connectivity index (χ3v) is 1.73. The highest BCUT2D eigenvalue weighted by Gasteiger charge is 1.86. The van der Waals surface area contributed by atoms with Crippen LogP contribution in [0.25, 0.3) is 0 Å².